The summed E-state index contributed by atoms with van der Waals surface area (Å²) in [5, 5.41) is 6.75. The van der Waals surface area contributed by atoms with Crippen molar-refractivity contribution in [1.29, 1.82) is 0 Å². The van der Waals surface area contributed by atoms with Crippen LogP contribution in [-0.2, 0) is 11.3 Å². The lowest BCUT2D eigenvalue weighted by Crippen LogP contribution is -2.31. The number of fused-ring (bicyclic) bond motifs is 1. The first-order valence-corrected chi connectivity index (χ1v) is 11.4. The van der Waals surface area contributed by atoms with Crippen LogP contribution in [0.2, 0.25) is 0 Å². The molecule has 33 heavy (non-hydrogen) atoms. The maximum atomic E-state index is 13.3. The highest BCUT2D eigenvalue weighted by atomic mass is 32.1. The first-order valence-electron chi connectivity index (χ1n) is 11.0. The molecule has 0 spiro atoms. The number of Topliss-reactive ketones (excluding diaryl/α,β-unsaturated/α-hetero) is 1. The number of anilines is 1. The van der Waals surface area contributed by atoms with E-state index in [2.05, 4.69) is 22.8 Å². The van der Waals surface area contributed by atoms with Gasteiger partial charge in [0.25, 0.3) is 0 Å². The number of nitrogens with one attached hydrogen (secondary N) is 2. The summed E-state index contributed by atoms with van der Waals surface area (Å²) in [6, 6.07) is 25.8. The average Bonchev–Trinajstić information content (AvgIpc) is 3.31. The van der Waals surface area contributed by atoms with E-state index in [-0.39, 0.29) is 18.5 Å². The van der Waals surface area contributed by atoms with Crippen molar-refractivity contribution in [3.05, 3.63) is 101 Å². The minimum Gasteiger partial charge on any atom is -0.454 e. The Balaban J connectivity index is 1.42. The van der Waals surface area contributed by atoms with Crippen LogP contribution in [0.5, 0.6) is 11.5 Å². The molecule has 5 nitrogen and oxygen atoms in total. The van der Waals surface area contributed by atoms with Gasteiger partial charge in [-0.15, -0.1) is 0 Å². The number of allylic oxidation sites excluding steroid dienone is 1. The van der Waals surface area contributed by atoms with Crippen LogP contribution in [0.15, 0.2) is 90.1 Å². The first-order chi connectivity index (χ1) is 16.2. The molecule has 1 heterocycles. The molecule has 2 N–H and O–H groups in total. The van der Waals surface area contributed by atoms with Crippen molar-refractivity contribution < 1.29 is 14.3 Å². The van der Waals surface area contributed by atoms with Gasteiger partial charge in [-0.25, -0.2) is 0 Å². The van der Waals surface area contributed by atoms with Gasteiger partial charge in [-0.3, -0.25) is 4.79 Å². The molecule has 3 aromatic rings. The molecule has 0 amide bonds. The topological polar surface area (TPSA) is 59.6 Å². The Morgan fingerprint density at radius 1 is 0.909 bits per heavy atom. The highest BCUT2D eigenvalue weighted by Crippen LogP contribution is 2.35. The molecule has 0 radical (unpaired) electrons. The van der Waals surface area contributed by atoms with Crippen molar-refractivity contribution in [1.82, 2.24) is 5.32 Å². The molecule has 1 aliphatic carbocycles. The SMILES string of the molecule is O=C1CC(c2ccccc2)CC(NCc2ccc3c(c2)OCO3)=C1C(=S)Nc1ccccc1. The van der Waals surface area contributed by atoms with E-state index in [0.717, 1.165) is 34.0 Å². The Bertz CT molecular complexity index is 1210. The van der Waals surface area contributed by atoms with E-state index in [1.54, 1.807) is 0 Å². The molecule has 0 fully saturated rings. The minimum absolute atomic E-state index is 0.0525. The zero-order valence-electron chi connectivity index (χ0n) is 18.0. The summed E-state index contributed by atoms with van der Waals surface area (Å²) in [6.07, 6.45) is 1.15. The van der Waals surface area contributed by atoms with Crippen molar-refractivity contribution in [2.24, 2.45) is 0 Å². The Kier molecular flexibility index (Phi) is 6.09. The maximum absolute atomic E-state index is 13.3. The third-order valence-electron chi connectivity index (χ3n) is 5.94. The number of ketones is 1. The van der Waals surface area contributed by atoms with Gasteiger partial charge in [-0.05, 0) is 47.7 Å². The third-order valence-corrected chi connectivity index (χ3v) is 6.24. The molecule has 1 unspecified atom stereocenters. The van der Waals surface area contributed by atoms with Crippen LogP contribution in [0.4, 0.5) is 5.69 Å². The molecule has 1 atom stereocenters. The molecule has 5 rings (SSSR count). The molecule has 0 saturated carbocycles. The van der Waals surface area contributed by atoms with Crippen LogP contribution in [0.25, 0.3) is 0 Å². The standard InChI is InChI=1S/C27H24N2O3S/c30-23-15-20(19-7-3-1-4-8-19)14-22(26(23)27(33)29-21-9-5-2-6-10-21)28-16-18-11-12-24-25(13-18)32-17-31-24/h1-13,20,28H,14-17H2,(H,29,33). The van der Waals surface area contributed by atoms with Crippen molar-refractivity contribution >= 4 is 28.7 Å². The molecule has 1 aliphatic heterocycles. The van der Waals surface area contributed by atoms with E-state index in [1.165, 1.54) is 0 Å². The number of rotatable bonds is 6. The summed E-state index contributed by atoms with van der Waals surface area (Å²) in [5.74, 6) is 1.66. The highest BCUT2D eigenvalue weighted by Gasteiger charge is 2.31. The van der Waals surface area contributed by atoms with Crippen LogP contribution in [0.1, 0.15) is 29.9 Å². The number of benzene rings is 3. The molecular weight excluding hydrogens is 432 g/mol. The summed E-state index contributed by atoms with van der Waals surface area (Å²) in [6.45, 7) is 0.798. The van der Waals surface area contributed by atoms with Crippen molar-refractivity contribution in [2.45, 2.75) is 25.3 Å². The molecule has 166 valence electrons. The number of ether oxygens (including phenoxy) is 2. The number of thiocarbonyl (C=S) groups is 1. The Labute approximate surface area is 198 Å². The molecule has 0 bridgehead atoms. The van der Waals surface area contributed by atoms with Gasteiger partial charge >= 0.3 is 0 Å². The fraction of sp³-hybridized carbons (Fsp3) is 0.185. The van der Waals surface area contributed by atoms with Gasteiger partial charge in [0.15, 0.2) is 17.3 Å². The highest BCUT2D eigenvalue weighted by molar-refractivity contribution is 7.81. The lowest BCUT2D eigenvalue weighted by atomic mass is 9.81. The fourth-order valence-electron chi connectivity index (χ4n) is 4.27. The van der Waals surface area contributed by atoms with Crippen molar-refractivity contribution in [2.75, 3.05) is 12.1 Å². The van der Waals surface area contributed by atoms with Crippen molar-refractivity contribution in [3.8, 4) is 11.5 Å². The number of hydrogen-bond acceptors (Lipinski definition) is 5. The van der Waals surface area contributed by atoms with Crippen LogP contribution < -0.4 is 20.1 Å². The molecule has 0 saturated heterocycles. The molecule has 3 aromatic carbocycles. The second-order valence-electron chi connectivity index (χ2n) is 8.15. The molecule has 6 heteroatoms. The predicted molar refractivity (Wildman–Crippen MR) is 133 cm³/mol. The van der Waals surface area contributed by atoms with E-state index in [0.29, 0.717) is 29.9 Å². The Morgan fingerprint density at radius 2 is 1.64 bits per heavy atom. The van der Waals surface area contributed by atoms with E-state index in [1.807, 2.05) is 66.7 Å². The van der Waals surface area contributed by atoms with Gasteiger partial charge in [-0.2, -0.15) is 0 Å². The van der Waals surface area contributed by atoms with Gasteiger partial charge in [0.2, 0.25) is 6.79 Å². The smallest absolute Gasteiger partial charge is 0.231 e. The number of para-hydroxylation sites is 1. The fourth-order valence-corrected chi connectivity index (χ4v) is 4.63. The third kappa shape index (κ3) is 4.76. The van der Waals surface area contributed by atoms with E-state index >= 15 is 0 Å². The van der Waals surface area contributed by atoms with E-state index < -0.39 is 0 Å². The quantitative estimate of drug-likeness (QED) is 0.488. The van der Waals surface area contributed by atoms with Gasteiger partial charge in [-0.1, -0.05) is 66.8 Å². The molecule has 2 aliphatic rings. The van der Waals surface area contributed by atoms with Gasteiger partial charge in [0.1, 0.15) is 4.99 Å². The van der Waals surface area contributed by atoms with Crippen LogP contribution in [-0.4, -0.2) is 17.6 Å². The van der Waals surface area contributed by atoms with Gasteiger partial charge in [0.05, 0.1) is 5.57 Å². The lowest BCUT2D eigenvalue weighted by molar-refractivity contribution is -0.115. The van der Waals surface area contributed by atoms with Gasteiger partial charge in [0, 0.05) is 24.4 Å². The summed E-state index contributed by atoms with van der Waals surface area (Å²) >= 11 is 5.69. The summed E-state index contributed by atoms with van der Waals surface area (Å²) < 4.78 is 10.9. The summed E-state index contributed by atoms with van der Waals surface area (Å²) in [5.41, 5.74) is 4.51. The van der Waals surface area contributed by atoms with Crippen LogP contribution in [0, 0.1) is 0 Å². The predicted octanol–water partition coefficient (Wildman–Crippen LogP) is 5.35. The van der Waals surface area contributed by atoms with Crippen molar-refractivity contribution in [3.63, 3.8) is 0 Å². The summed E-state index contributed by atoms with van der Waals surface area (Å²) in [7, 11) is 0. The van der Waals surface area contributed by atoms with Crippen LogP contribution >= 0.6 is 12.2 Å². The normalized spacial score (nSPS) is 17.1. The number of carbonyl (C=O) groups excluding carboxylic acids is 1. The zero-order chi connectivity index (χ0) is 22.6. The van der Waals surface area contributed by atoms with E-state index in [9.17, 15) is 4.79 Å². The number of hydrogen-bond donors (Lipinski definition) is 2. The minimum atomic E-state index is 0.0525. The van der Waals surface area contributed by atoms with Gasteiger partial charge < -0.3 is 20.1 Å². The second-order valence-corrected chi connectivity index (χ2v) is 8.56. The Morgan fingerprint density at radius 3 is 2.42 bits per heavy atom. The van der Waals surface area contributed by atoms with E-state index in [4.69, 9.17) is 21.7 Å². The zero-order valence-corrected chi connectivity index (χ0v) is 18.9. The van der Waals surface area contributed by atoms with Crippen LogP contribution in [0.3, 0.4) is 0 Å². The molecular formula is C27H24N2O3S. The monoisotopic (exact) mass is 456 g/mol. The Hall–Kier alpha value is -3.64. The average molecular weight is 457 g/mol. The first kappa shape index (κ1) is 21.2. The molecule has 0 aromatic heterocycles. The lowest BCUT2D eigenvalue weighted by Gasteiger charge is -2.28. The second kappa shape index (κ2) is 9.46. The summed E-state index contributed by atoms with van der Waals surface area (Å²) in [4.78, 5) is 13.8. The maximum Gasteiger partial charge on any atom is 0.231 e. The number of carbonyl (C=O) groups is 1. The largest absolute Gasteiger partial charge is 0.454 e.